The summed E-state index contributed by atoms with van der Waals surface area (Å²) < 4.78 is 1.22. The summed E-state index contributed by atoms with van der Waals surface area (Å²) in [7, 11) is 0. The van der Waals surface area contributed by atoms with Crippen molar-refractivity contribution in [1.82, 2.24) is 0 Å². The molecule has 1 aliphatic rings. The van der Waals surface area contributed by atoms with E-state index in [1.54, 1.807) is 6.07 Å². The topological polar surface area (TPSA) is 20.2 Å². The Morgan fingerprint density at radius 1 is 1.12 bits per heavy atom. The third kappa shape index (κ3) is 2.19. The van der Waals surface area contributed by atoms with Crippen LogP contribution in [0.2, 0.25) is 0 Å². The Bertz CT molecular complexity index is 521. The summed E-state index contributed by atoms with van der Waals surface area (Å²) in [6.07, 6.45) is 5.40. The Labute approximate surface area is 106 Å². The molecule has 0 aliphatic heterocycles. The number of aromatic hydroxyl groups is 1. The quantitative estimate of drug-likeness (QED) is 0.758. The van der Waals surface area contributed by atoms with Crippen molar-refractivity contribution >= 4 is 21.4 Å². The van der Waals surface area contributed by atoms with E-state index in [2.05, 4.69) is 13.0 Å². The highest BCUT2D eigenvalue weighted by atomic mass is 32.1. The van der Waals surface area contributed by atoms with Crippen LogP contribution in [0.5, 0.6) is 5.75 Å². The maximum absolute atomic E-state index is 9.49. The van der Waals surface area contributed by atoms with Gasteiger partial charge in [0.15, 0.2) is 0 Å². The first kappa shape index (κ1) is 11.1. The number of hydrogen-bond acceptors (Lipinski definition) is 2. The van der Waals surface area contributed by atoms with Gasteiger partial charge in [0, 0.05) is 9.58 Å². The van der Waals surface area contributed by atoms with Gasteiger partial charge in [0.1, 0.15) is 5.75 Å². The van der Waals surface area contributed by atoms with E-state index in [1.807, 2.05) is 23.5 Å². The highest BCUT2D eigenvalue weighted by Crippen LogP contribution is 2.40. The second kappa shape index (κ2) is 4.34. The molecule has 2 heteroatoms. The summed E-state index contributed by atoms with van der Waals surface area (Å²) in [5.74, 6) is 2.04. The minimum atomic E-state index is 0.378. The molecular formula is C15H18OS. The van der Waals surface area contributed by atoms with E-state index in [9.17, 15) is 5.11 Å². The summed E-state index contributed by atoms with van der Waals surface area (Å²) >= 11 is 1.86. The molecule has 1 heterocycles. The van der Waals surface area contributed by atoms with Crippen molar-refractivity contribution in [3.63, 3.8) is 0 Å². The first-order valence-electron chi connectivity index (χ1n) is 6.45. The zero-order valence-electron chi connectivity index (χ0n) is 10.1. The maximum Gasteiger partial charge on any atom is 0.117 e. The normalized spacial score (nSPS) is 25.2. The van der Waals surface area contributed by atoms with Gasteiger partial charge in [-0.1, -0.05) is 19.8 Å². The molecule has 1 aromatic heterocycles. The van der Waals surface area contributed by atoms with Gasteiger partial charge in [-0.15, -0.1) is 11.3 Å². The highest BCUT2D eigenvalue weighted by molar-refractivity contribution is 7.19. The molecule has 0 amide bonds. The van der Waals surface area contributed by atoms with Crippen LogP contribution in [0.1, 0.15) is 43.4 Å². The zero-order chi connectivity index (χ0) is 11.8. The average molecular weight is 246 g/mol. The molecule has 1 nitrogen and oxygen atoms in total. The summed E-state index contributed by atoms with van der Waals surface area (Å²) in [6, 6.07) is 8.01. The summed E-state index contributed by atoms with van der Waals surface area (Å²) in [4.78, 5) is 1.51. The molecule has 0 atom stereocenters. The standard InChI is InChI=1S/C15H18OS/c1-10-2-4-11(5-3-10)14-8-12-6-7-13(16)9-15(12)17-14/h6-11,16H,2-5H2,1H3. The van der Waals surface area contributed by atoms with Crippen molar-refractivity contribution in [2.24, 2.45) is 5.92 Å². The molecule has 1 fully saturated rings. The fraction of sp³-hybridized carbons (Fsp3) is 0.467. The summed E-state index contributed by atoms with van der Waals surface area (Å²) in [5.41, 5.74) is 0. The third-order valence-corrected chi connectivity index (χ3v) is 5.20. The Morgan fingerprint density at radius 2 is 1.88 bits per heavy atom. The smallest absolute Gasteiger partial charge is 0.117 e. The highest BCUT2D eigenvalue weighted by Gasteiger charge is 2.21. The minimum Gasteiger partial charge on any atom is -0.508 e. The van der Waals surface area contributed by atoms with Crippen LogP contribution >= 0.6 is 11.3 Å². The van der Waals surface area contributed by atoms with Crippen LogP contribution in [0.3, 0.4) is 0 Å². The second-order valence-corrected chi connectivity index (χ2v) is 6.44. The monoisotopic (exact) mass is 246 g/mol. The molecule has 3 rings (SSSR count). The molecule has 1 aromatic carbocycles. The van der Waals surface area contributed by atoms with Crippen molar-refractivity contribution in [3.05, 3.63) is 29.1 Å². The number of fused-ring (bicyclic) bond motifs is 1. The van der Waals surface area contributed by atoms with Gasteiger partial charge < -0.3 is 5.11 Å². The predicted molar refractivity (Wildman–Crippen MR) is 73.9 cm³/mol. The van der Waals surface area contributed by atoms with E-state index in [1.165, 1.54) is 40.6 Å². The molecule has 0 bridgehead atoms. The maximum atomic E-state index is 9.49. The summed E-state index contributed by atoms with van der Waals surface area (Å²) in [6.45, 7) is 2.36. The second-order valence-electron chi connectivity index (χ2n) is 5.33. The third-order valence-electron chi connectivity index (χ3n) is 3.94. The number of thiophene rings is 1. The average Bonchev–Trinajstić information content (AvgIpc) is 2.72. The van der Waals surface area contributed by atoms with Gasteiger partial charge in [0.25, 0.3) is 0 Å². The van der Waals surface area contributed by atoms with Crippen LogP contribution in [0.4, 0.5) is 0 Å². The van der Waals surface area contributed by atoms with Gasteiger partial charge in [0.05, 0.1) is 0 Å². The van der Waals surface area contributed by atoms with E-state index >= 15 is 0 Å². The minimum absolute atomic E-state index is 0.378. The van der Waals surface area contributed by atoms with Crippen LogP contribution in [-0.4, -0.2) is 5.11 Å². The van der Waals surface area contributed by atoms with E-state index in [0.717, 1.165) is 11.8 Å². The van der Waals surface area contributed by atoms with Crippen molar-refractivity contribution in [1.29, 1.82) is 0 Å². The van der Waals surface area contributed by atoms with Crippen LogP contribution < -0.4 is 0 Å². The van der Waals surface area contributed by atoms with Gasteiger partial charge in [-0.3, -0.25) is 0 Å². The lowest BCUT2D eigenvalue weighted by Gasteiger charge is -2.25. The number of rotatable bonds is 1. The molecule has 0 unspecified atom stereocenters. The van der Waals surface area contributed by atoms with Crippen molar-refractivity contribution in [2.75, 3.05) is 0 Å². The van der Waals surface area contributed by atoms with Crippen molar-refractivity contribution in [3.8, 4) is 5.75 Å². The molecule has 1 aliphatic carbocycles. The number of phenols is 1. The lowest BCUT2D eigenvalue weighted by Crippen LogP contribution is -2.09. The number of benzene rings is 1. The SMILES string of the molecule is CC1CCC(c2cc3ccc(O)cc3s2)CC1. The van der Waals surface area contributed by atoms with Gasteiger partial charge in [-0.2, -0.15) is 0 Å². The van der Waals surface area contributed by atoms with E-state index in [-0.39, 0.29) is 0 Å². The lowest BCUT2D eigenvalue weighted by molar-refractivity contribution is 0.351. The molecule has 1 N–H and O–H groups in total. The Kier molecular flexibility index (Phi) is 2.83. The summed E-state index contributed by atoms with van der Waals surface area (Å²) in [5, 5.41) is 10.8. The van der Waals surface area contributed by atoms with Crippen molar-refractivity contribution in [2.45, 2.75) is 38.5 Å². The van der Waals surface area contributed by atoms with Crippen LogP contribution in [0.25, 0.3) is 10.1 Å². The molecule has 90 valence electrons. The Hall–Kier alpha value is -1.02. The molecule has 17 heavy (non-hydrogen) atoms. The first-order valence-corrected chi connectivity index (χ1v) is 7.26. The predicted octanol–water partition coefficient (Wildman–Crippen LogP) is 4.90. The molecule has 0 saturated heterocycles. The Balaban J connectivity index is 1.90. The molecule has 0 radical (unpaired) electrons. The Morgan fingerprint density at radius 3 is 2.65 bits per heavy atom. The van der Waals surface area contributed by atoms with Gasteiger partial charge in [0.2, 0.25) is 0 Å². The van der Waals surface area contributed by atoms with E-state index < -0.39 is 0 Å². The first-order chi connectivity index (χ1) is 8.22. The van der Waals surface area contributed by atoms with Gasteiger partial charge in [-0.05, 0) is 54.3 Å². The fourth-order valence-corrected chi connectivity index (χ4v) is 4.05. The fourth-order valence-electron chi connectivity index (χ4n) is 2.79. The van der Waals surface area contributed by atoms with Crippen LogP contribution in [-0.2, 0) is 0 Å². The largest absolute Gasteiger partial charge is 0.508 e. The molecule has 1 saturated carbocycles. The molecule has 2 aromatic rings. The van der Waals surface area contributed by atoms with Crippen LogP contribution in [0.15, 0.2) is 24.3 Å². The van der Waals surface area contributed by atoms with Crippen LogP contribution in [0, 0.1) is 5.92 Å². The van der Waals surface area contributed by atoms with Crippen molar-refractivity contribution < 1.29 is 5.11 Å². The molecular weight excluding hydrogens is 228 g/mol. The van der Waals surface area contributed by atoms with Gasteiger partial charge >= 0.3 is 0 Å². The number of hydrogen-bond donors (Lipinski definition) is 1. The van der Waals surface area contributed by atoms with Gasteiger partial charge in [-0.25, -0.2) is 0 Å². The molecule has 0 spiro atoms. The van der Waals surface area contributed by atoms with E-state index in [4.69, 9.17) is 0 Å². The lowest BCUT2D eigenvalue weighted by atomic mass is 9.82. The number of phenolic OH excluding ortho intramolecular Hbond substituents is 1. The zero-order valence-corrected chi connectivity index (χ0v) is 11.0. The van der Waals surface area contributed by atoms with E-state index in [0.29, 0.717) is 5.75 Å².